The molecule has 0 N–H and O–H groups in total. The Balaban J connectivity index is 1.19. The van der Waals surface area contributed by atoms with Crippen molar-refractivity contribution in [3.63, 3.8) is 0 Å². The highest BCUT2D eigenvalue weighted by Crippen LogP contribution is 2.17. The van der Waals surface area contributed by atoms with Gasteiger partial charge < -0.3 is 9.80 Å². The summed E-state index contributed by atoms with van der Waals surface area (Å²) in [5.41, 5.74) is 2.25. The van der Waals surface area contributed by atoms with E-state index < -0.39 is 0 Å². The molecule has 1 aromatic heterocycles. The Labute approximate surface area is 171 Å². The van der Waals surface area contributed by atoms with Gasteiger partial charge in [-0.15, -0.1) is 0 Å². The zero-order valence-electron chi connectivity index (χ0n) is 16.7. The maximum atomic E-state index is 13.1. The summed E-state index contributed by atoms with van der Waals surface area (Å²) in [6, 6.07) is 10.7. The first-order valence-corrected chi connectivity index (χ1v) is 10.3. The van der Waals surface area contributed by atoms with Gasteiger partial charge in [0.2, 0.25) is 5.91 Å². The first-order chi connectivity index (χ1) is 14.2. The number of aromatic nitrogens is 1. The molecular weight excluding hydrogens is 369 g/mol. The van der Waals surface area contributed by atoms with E-state index >= 15 is 0 Å². The van der Waals surface area contributed by atoms with Gasteiger partial charge in [0.05, 0.1) is 6.54 Å². The van der Waals surface area contributed by atoms with Gasteiger partial charge in [0, 0.05) is 77.0 Å². The van der Waals surface area contributed by atoms with Gasteiger partial charge in [0.15, 0.2) is 0 Å². The van der Waals surface area contributed by atoms with Gasteiger partial charge in [-0.25, -0.2) is 4.39 Å². The monoisotopic (exact) mass is 397 g/mol. The number of hydrogen-bond donors (Lipinski definition) is 0. The van der Waals surface area contributed by atoms with Crippen molar-refractivity contribution in [1.29, 1.82) is 0 Å². The number of carbonyl (C=O) groups excluding carboxylic acids is 1. The fourth-order valence-corrected chi connectivity index (χ4v) is 4.01. The summed E-state index contributed by atoms with van der Waals surface area (Å²) in [4.78, 5) is 25.7. The fourth-order valence-electron chi connectivity index (χ4n) is 4.01. The van der Waals surface area contributed by atoms with Crippen LogP contribution in [0.4, 0.5) is 10.1 Å². The second kappa shape index (κ2) is 9.33. The average molecular weight is 397 g/mol. The van der Waals surface area contributed by atoms with Crippen LogP contribution in [0.15, 0.2) is 48.8 Å². The van der Waals surface area contributed by atoms with Crippen LogP contribution < -0.4 is 4.90 Å². The number of anilines is 1. The molecule has 0 radical (unpaired) electrons. The molecule has 0 spiro atoms. The van der Waals surface area contributed by atoms with Gasteiger partial charge in [-0.2, -0.15) is 0 Å². The summed E-state index contributed by atoms with van der Waals surface area (Å²) in [5.74, 6) is -0.00689. The quantitative estimate of drug-likeness (QED) is 0.768. The molecule has 0 atom stereocenters. The highest BCUT2D eigenvalue weighted by atomic mass is 19.1. The van der Waals surface area contributed by atoms with Crippen molar-refractivity contribution >= 4 is 11.6 Å². The van der Waals surface area contributed by atoms with Crippen molar-refractivity contribution in [2.45, 2.75) is 6.54 Å². The molecule has 2 aliphatic heterocycles. The number of pyridine rings is 1. The Morgan fingerprint density at radius 3 is 2.24 bits per heavy atom. The van der Waals surface area contributed by atoms with E-state index in [-0.39, 0.29) is 11.7 Å². The van der Waals surface area contributed by atoms with E-state index in [9.17, 15) is 9.18 Å². The van der Waals surface area contributed by atoms with Crippen LogP contribution in [0.25, 0.3) is 0 Å². The Morgan fingerprint density at radius 2 is 1.59 bits per heavy atom. The number of hydrogen-bond acceptors (Lipinski definition) is 5. The molecule has 1 aromatic carbocycles. The highest BCUT2D eigenvalue weighted by Gasteiger charge is 2.25. The van der Waals surface area contributed by atoms with Crippen molar-refractivity contribution in [3.05, 3.63) is 60.2 Å². The Hall–Kier alpha value is -2.51. The van der Waals surface area contributed by atoms with E-state index in [1.807, 2.05) is 17.2 Å². The first kappa shape index (κ1) is 19.8. The molecule has 0 unspecified atom stereocenters. The normalized spacial score (nSPS) is 18.8. The second-order valence-corrected chi connectivity index (χ2v) is 7.76. The minimum atomic E-state index is -0.219. The van der Waals surface area contributed by atoms with Crippen LogP contribution in [0.1, 0.15) is 5.56 Å². The Morgan fingerprint density at radius 1 is 0.897 bits per heavy atom. The third-order valence-corrected chi connectivity index (χ3v) is 5.78. The maximum absolute atomic E-state index is 13.1. The summed E-state index contributed by atoms with van der Waals surface area (Å²) in [6.07, 6.45) is 3.72. The van der Waals surface area contributed by atoms with Crippen molar-refractivity contribution < 1.29 is 9.18 Å². The van der Waals surface area contributed by atoms with E-state index in [1.54, 1.807) is 18.3 Å². The second-order valence-electron chi connectivity index (χ2n) is 7.76. The number of halogens is 1. The zero-order valence-corrected chi connectivity index (χ0v) is 16.7. The van der Waals surface area contributed by atoms with Crippen LogP contribution in [0, 0.1) is 5.82 Å². The summed E-state index contributed by atoms with van der Waals surface area (Å²) in [6.45, 7) is 8.21. The minimum Gasteiger partial charge on any atom is -0.368 e. The van der Waals surface area contributed by atoms with Gasteiger partial charge in [0.25, 0.3) is 0 Å². The van der Waals surface area contributed by atoms with Crippen LogP contribution in [0.3, 0.4) is 0 Å². The molecule has 2 saturated heterocycles. The van der Waals surface area contributed by atoms with Crippen LogP contribution in [-0.4, -0.2) is 84.5 Å². The summed E-state index contributed by atoms with van der Waals surface area (Å²) in [5, 5.41) is 0. The Bertz CT molecular complexity index is 785. The average Bonchev–Trinajstić information content (AvgIpc) is 2.76. The molecule has 0 aliphatic carbocycles. The van der Waals surface area contributed by atoms with E-state index in [2.05, 4.69) is 25.8 Å². The summed E-state index contributed by atoms with van der Waals surface area (Å²) >= 11 is 0. The lowest BCUT2D eigenvalue weighted by Crippen LogP contribution is -2.53. The van der Waals surface area contributed by atoms with E-state index in [4.69, 9.17) is 0 Å². The Kier molecular flexibility index (Phi) is 6.36. The molecule has 2 fully saturated rings. The third kappa shape index (κ3) is 5.31. The molecule has 2 aliphatic rings. The lowest BCUT2D eigenvalue weighted by atomic mass is 10.2. The smallest absolute Gasteiger partial charge is 0.236 e. The van der Waals surface area contributed by atoms with Crippen LogP contribution in [0.5, 0.6) is 0 Å². The van der Waals surface area contributed by atoms with Gasteiger partial charge in [0.1, 0.15) is 5.82 Å². The molecule has 4 rings (SSSR count). The SMILES string of the molecule is O=C(CN1CCN(Cc2cccnc2)CC1)N1CCN(c2ccc(F)cc2)CC1. The van der Waals surface area contributed by atoms with E-state index in [1.165, 1.54) is 17.7 Å². The maximum Gasteiger partial charge on any atom is 0.236 e. The van der Waals surface area contributed by atoms with Gasteiger partial charge in [-0.1, -0.05) is 6.07 Å². The van der Waals surface area contributed by atoms with Crippen LogP contribution >= 0.6 is 0 Å². The molecule has 7 heteroatoms. The first-order valence-electron chi connectivity index (χ1n) is 10.3. The molecule has 6 nitrogen and oxygen atoms in total. The molecule has 3 heterocycles. The molecule has 154 valence electrons. The van der Waals surface area contributed by atoms with Gasteiger partial charge in [-0.3, -0.25) is 19.6 Å². The summed E-state index contributed by atoms with van der Waals surface area (Å²) < 4.78 is 13.1. The highest BCUT2D eigenvalue weighted by molar-refractivity contribution is 5.78. The van der Waals surface area contributed by atoms with Crippen molar-refractivity contribution in [3.8, 4) is 0 Å². The summed E-state index contributed by atoms with van der Waals surface area (Å²) in [7, 11) is 0. The van der Waals surface area contributed by atoms with Gasteiger partial charge in [-0.05, 0) is 35.9 Å². The lowest BCUT2D eigenvalue weighted by Gasteiger charge is -2.38. The van der Waals surface area contributed by atoms with Crippen molar-refractivity contribution in [1.82, 2.24) is 19.7 Å². The van der Waals surface area contributed by atoms with Crippen LogP contribution in [0.2, 0.25) is 0 Å². The molecule has 0 bridgehead atoms. The van der Waals surface area contributed by atoms with E-state index in [0.29, 0.717) is 6.54 Å². The number of amides is 1. The molecule has 29 heavy (non-hydrogen) atoms. The number of rotatable bonds is 5. The topological polar surface area (TPSA) is 42.9 Å². The number of benzene rings is 1. The van der Waals surface area contributed by atoms with Gasteiger partial charge >= 0.3 is 0 Å². The van der Waals surface area contributed by atoms with Crippen molar-refractivity contribution in [2.24, 2.45) is 0 Å². The largest absolute Gasteiger partial charge is 0.368 e. The predicted molar refractivity (Wildman–Crippen MR) is 111 cm³/mol. The molecule has 1 amide bonds. The number of carbonyl (C=O) groups is 1. The molecular formula is C22H28FN5O. The third-order valence-electron chi connectivity index (χ3n) is 5.78. The van der Waals surface area contributed by atoms with Crippen molar-refractivity contribution in [2.75, 3.05) is 63.8 Å². The number of piperazine rings is 2. The fraction of sp³-hybridized carbons (Fsp3) is 0.455. The molecule has 2 aromatic rings. The lowest BCUT2D eigenvalue weighted by molar-refractivity contribution is -0.133. The number of nitrogens with zero attached hydrogens (tertiary/aromatic N) is 5. The van der Waals surface area contributed by atoms with E-state index in [0.717, 1.165) is 64.6 Å². The van der Waals surface area contributed by atoms with Crippen LogP contribution in [-0.2, 0) is 11.3 Å². The predicted octanol–water partition coefficient (Wildman–Crippen LogP) is 1.69. The molecule has 0 saturated carbocycles. The zero-order chi connectivity index (χ0) is 20.1. The minimum absolute atomic E-state index is 0.212. The standard InChI is InChI=1S/C22H28FN5O/c23-20-3-5-21(6-4-20)27-12-14-28(15-13-27)22(29)18-26-10-8-25(9-11-26)17-19-2-1-7-24-16-19/h1-7,16H,8-15,17-18H2.